The van der Waals surface area contributed by atoms with Gasteiger partial charge in [0.25, 0.3) is 0 Å². The highest BCUT2D eigenvalue weighted by molar-refractivity contribution is 8.00. The Balaban J connectivity index is 2.17. The normalized spacial score (nSPS) is 22.7. The molecule has 1 saturated heterocycles. The number of ether oxygens (including phenoxy) is 2. The largest absolute Gasteiger partial charge is 0.508 e. The number of rotatable bonds is 20. The number of carbonyl (C=O) groups is 13. The minimum Gasteiger partial charge on any atom is -0.508 e. The van der Waals surface area contributed by atoms with Crippen LogP contribution in [-0.4, -0.2) is 185 Å². The summed E-state index contributed by atoms with van der Waals surface area (Å²) in [4.78, 5) is 174. The van der Waals surface area contributed by atoms with Gasteiger partial charge in [-0.1, -0.05) is 48.6 Å². The third kappa shape index (κ3) is 24.3. The van der Waals surface area contributed by atoms with Gasteiger partial charge in [-0.05, 0) is 42.2 Å². The molecule has 0 spiro atoms. The first-order valence-electron chi connectivity index (χ1n) is 24.9. The van der Waals surface area contributed by atoms with Crippen LogP contribution in [0.1, 0.15) is 42.4 Å². The highest BCUT2D eigenvalue weighted by Crippen LogP contribution is 2.18. The number of primary amides is 2. The van der Waals surface area contributed by atoms with E-state index in [-0.39, 0.29) is 25.4 Å². The van der Waals surface area contributed by atoms with Crippen molar-refractivity contribution in [1.82, 2.24) is 47.9 Å². The molecule has 0 radical (unpaired) electrons. The van der Waals surface area contributed by atoms with Gasteiger partial charge in [0.05, 0.1) is 51.6 Å². The van der Waals surface area contributed by atoms with Gasteiger partial charge in [-0.15, -0.1) is 24.9 Å². The summed E-state index contributed by atoms with van der Waals surface area (Å²) in [5, 5.41) is 50.5. The third-order valence-electron chi connectivity index (χ3n) is 11.6. The molecule has 3 rings (SSSR count). The number of carboxylic acid groups (broad SMARTS) is 2. The Morgan fingerprint density at radius 1 is 0.617 bits per heavy atom. The van der Waals surface area contributed by atoms with Crippen LogP contribution in [0.15, 0.2) is 73.8 Å². The molecule has 30 heteroatoms. The highest BCUT2D eigenvalue weighted by Gasteiger charge is 2.36. The number of aliphatic carboxylic acids is 2. The van der Waals surface area contributed by atoms with Crippen LogP contribution in [0.5, 0.6) is 5.75 Å². The van der Waals surface area contributed by atoms with Crippen LogP contribution in [-0.2, 0) is 84.6 Å². The molecular weight excluding hydrogens is 1090 g/mol. The Kier molecular flexibility index (Phi) is 28.0. The molecule has 8 unspecified atom stereocenters. The Morgan fingerprint density at radius 3 is 1.68 bits per heavy atom. The van der Waals surface area contributed by atoms with Gasteiger partial charge in [0.15, 0.2) is 0 Å². The van der Waals surface area contributed by atoms with Crippen molar-refractivity contribution in [2.75, 3.05) is 44.5 Å². The monoisotopic (exact) mass is 1150 g/mol. The number of aryl methyl sites for hydroxylation is 1. The van der Waals surface area contributed by atoms with Crippen molar-refractivity contribution >= 4 is 88.7 Å². The zero-order valence-electron chi connectivity index (χ0n) is 44.0. The van der Waals surface area contributed by atoms with Crippen LogP contribution in [0.4, 0.5) is 0 Å². The van der Waals surface area contributed by atoms with Crippen LogP contribution in [0, 0.1) is 6.92 Å². The van der Waals surface area contributed by atoms with Crippen molar-refractivity contribution in [2.45, 2.75) is 93.8 Å². The fraction of sp³-hybridized carbons (Fsp3) is 0.431. The van der Waals surface area contributed by atoms with Crippen LogP contribution in [0.2, 0.25) is 0 Å². The molecule has 2 aromatic rings. The predicted molar refractivity (Wildman–Crippen MR) is 287 cm³/mol. The van der Waals surface area contributed by atoms with Crippen molar-refractivity contribution in [3.8, 4) is 5.75 Å². The minimum absolute atomic E-state index is 0.0968. The Hall–Kier alpha value is -8.90. The molecule has 440 valence electrons. The van der Waals surface area contributed by atoms with Crippen LogP contribution >= 0.6 is 11.8 Å². The van der Waals surface area contributed by atoms with Gasteiger partial charge < -0.3 is 84.1 Å². The number of benzene rings is 2. The summed E-state index contributed by atoms with van der Waals surface area (Å²) in [7, 11) is 0. The van der Waals surface area contributed by atoms with Crippen molar-refractivity contribution in [3.05, 3.63) is 90.5 Å². The lowest BCUT2D eigenvalue weighted by Crippen LogP contribution is -2.61. The molecule has 1 fully saturated rings. The van der Waals surface area contributed by atoms with Gasteiger partial charge in [-0.2, -0.15) is 0 Å². The molecule has 1 heterocycles. The van der Waals surface area contributed by atoms with E-state index in [0.717, 1.165) is 11.8 Å². The number of amides is 11. The lowest BCUT2D eigenvalue weighted by Gasteiger charge is -2.27. The maximum atomic E-state index is 14.2. The van der Waals surface area contributed by atoms with E-state index < -0.39 is 189 Å². The second kappa shape index (κ2) is 34.2. The maximum absolute atomic E-state index is 14.2. The summed E-state index contributed by atoms with van der Waals surface area (Å²) < 4.78 is 10.9. The molecule has 0 aromatic heterocycles. The average molecular weight is 1150 g/mol. The third-order valence-corrected chi connectivity index (χ3v) is 12.6. The topological polar surface area (TPSA) is 461 Å². The number of phenols is 1. The number of nitrogens with two attached hydrogens (primary N) is 2. The maximum Gasteiger partial charge on any atom is 0.305 e. The fourth-order valence-corrected chi connectivity index (χ4v) is 8.37. The molecule has 11 amide bonds. The number of hydrogen-bond donors (Lipinski definition) is 14. The fourth-order valence-electron chi connectivity index (χ4n) is 7.50. The summed E-state index contributed by atoms with van der Waals surface area (Å²) in [6, 6.07) is -1.65. The molecule has 8 atom stereocenters. The summed E-state index contributed by atoms with van der Waals surface area (Å²) >= 11 is 0.750. The Bertz CT molecular complexity index is 2640. The quantitative estimate of drug-likeness (QED) is 0.0438. The SMILES string of the molecule is C=CCOCC1NC(=O)CSCC(C(N)=O)NC(=O)C(COCC=C)NC(=O)C(CC(N)=O)NC(=O)C(CC(=O)O)NC(=O)C(Cc2ccc(O)cc2C)NC(=O)CNC(=O)C(CCC(=O)O)NC(=O)C(Cc2ccccc2)NC1=O. The molecule has 16 N–H and O–H groups in total. The van der Waals surface area contributed by atoms with E-state index >= 15 is 0 Å². The van der Waals surface area contributed by atoms with E-state index in [9.17, 15) is 77.6 Å². The highest BCUT2D eigenvalue weighted by atomic mass is 32.2. The van der Waals surface area contributed by atoms with Crippen LogP contribution < -0.4 is 59.3 Å². The van der Waals surface area contributed by atoms with Gasteiger partial charge >= 0.3 is 11.9 Å². The standard InChI is InChI=1S/C51H67N11O18S/c1-4-15-79-23-36-50(77)58-32(18-28-9-7-6-8-10-28)46(73)57-31(13-14-42(67)68)45(72)54-22-40(65)55-33(19-29-11-12-30(63)17-27(29)3)47(74)60-35(21-43(69)70)49(76)59-34(20-39(52)64)48(75)61-37(24-80-16-5-2)51(78)62-38(44(53)71)25-81-26-41(66)56-36/h4-12,17,31-38,63H,1-2,13-16,18-26H2,3H3,(H2,52,64)(H2,53,71)(H,54,72)(H,55,65)(H,56,66)(H,57,73)(H,58,77)(H,59,76)(H,60,74)(H,61,75)(H,62,78)(H,67,68)(H,69,70). The smallest absolute Gasteiger partial charge is 0.305 e. The molecule has 81 heavy (non-hydrogen) atoms. The average Bonchev–Trinajstić information content (AvgIpc) is 3.40. The molecule has 1 aliphatic heterocycles. The van der Waals surface area contributed by atoms with Gasteiger partial charge in [0, 0.05) is 25.0 Å². The van der Waals surface area contributed by atoms with Crippen molar-refractivity contribution in [2.24, 2.45) is 11.5 Å². The number of carboxylic acids is 2. The lowest BCUT2D eigenvalue weighted by molar-refractivity contribution is -0.142. The minimum atomic E-state index is -2.07. The van der Waals surface area contributed by atoms with E-state index in [4.69, 9.17) is 20.9 Å². The van der Waals surface area contributed by atoms with Crippen molar-refractivity contribution in [3.63, 3.8) is 0 Å². The van der Waals surface area contributed by atoms with Gasteiger partial charge in [-0.3, -0.25) is 62.3 Å². The van der Waals surface area contributed by atoms with Crippen molar-refractivity contribution < 1.29 is 87.1 Å². The molecular formula is C51H67N11O18S. The zero-order valence-corrected chi connectivity index (χ0v) is 44.8. The van der Waals surface area contributed by atoms with Gasteiger partial charge in [-0.25, -0.2) is 0 Å². The first kappa shape index (κ1) is 66.4. The summed E-state index contributed by atoms with van der Waals surface area (Å²) in [6.45, 7) is 6.26. The van der Waals surface area contributed by atoms with E-state index in [2.05, 4.69) is 61.0 Å². The van der Waals surface area contributed by atoms with Crippen LogP contribution in [0.3, 0.4) is 0 Å². The number of thioether (sulfide) groups is 1. The van der Waals surface area contributed by atoms with Crippen molar-refractivity contribution in [1.29, 1.82) is 0 Å². The number of carbonyl (C=O) groups excluding carboxylic acids is 11. The first-order chi connectivity index (χ1) is 38.4. The molecule has 2 aromatic carbocycles. The predicted octanol–water partition coefficient (Wildman–Crippen LogP) is -4.67. The number of aromatic hydroxyl groups is 1. The molecule has 0 aliphatic carbocycles. The van der Waals surface area contributed by atoms with Gasteiger partial charge in [0.1, 0.15) is 54.1 Å². The van der Waals surface area contributed by atoms with E-state index in [1.165, 1.54) is 30.4 Å². The van der Waals surface area contributed by atoms with Gasteiger partial charge in [0.2, 0.25) is 65.0 Å². The molecule has 0 saturated carbocycles. The van der Waals surface area contributed by atoms with Crippen LogP contribution in [0.25, 0.3) is 0 Å². The molecule has 1 aliphatic rings. The van der Waals surface area contributed by atoms with E-state index in [1.807, 2.05) is 0 Å². The summed E-state index contributed by atoms with van der Waals surface area (Å²) in [5.41, 5.74) is 12.2. The molecule has 29 nitrogen and oxygen atoms in total. The summed E-state index contributed by atoms with van der Waals surface area (Å²) in [6.07, 6.45) is -1.39. The number of phenolic OH excluding ortho intramolecular Hbond substituents is 1. The summed E-state index contributed by atoms with van der Waals surface area (Å²) in [5.74, 6) is -16.5. The second-order valence-electron chi connectivity index (χ2n) is 18.1. The zero-order chi connectivity index (χ0) is 60.2. The van der Waals surface area contributed by atoms with E-state index in [1.54, 1.807) is 37.3 Å². The van der Waals surface area contributed by atoms with E-state index in [0.29, 0.717) is 16.7 Å². The second-order valence-corrected chi connectivity index (χ2v) is 19.1. The first-order valence-corrected chi connectivity index (χ1v) is 26.0. The lowest BCUT2D eigenvalue weighted by atomic mass is 9.99. The Labute approximate surface area is 468 Å². The number of hydrogen-bond acceptors (Lipinski definition) is 17. The Morgan fingerprint density at radius 2 is 1.12 bits per heavy atom. The number of nitrogens with one attached hydrogen (secondary N) is 9. The molecule has 0 bridgehead atoms.